The summed E-state index contributed by atoms with van der Waals surface area (Å²) in [4.78, 5) is 0. The number of nitrogens with one attached hydrogen (secondary N) is 2. The van der Waals surface area contributed by atoms with Crippen LogP contribution in [0.4, 0.5) is 0 Å². The maximum Gasteiger partial charge on any atom is 0.0441 e. The summed E-state index contributed by atoms with van der Waals surface area (Å²) in [5.74, 6) is 0. The molecule has 3 nitrogen and oxygen atoms in total. The molecule has 0 bridgehead atoms. The van der Waals surface area contributed by atoms with Gasteiger partial charge in [0.2, 0.25) is 0 Å². The van der Waals surface area contributed by atoms with E-state index in [1.807, 2.05) is 6.92 Å². The third kappa shape index (κ3) is 8.66. The first-order valence-corrected chi connectivity index (χ1v) is 6.73. The quantitative estimate of drug-likeness (QED) is 0.649. The van der Waals surface area contributed by atoms with Crippen LogP contribution >= 0.6 is 0 Å². The fourth-order valence-electron chi connectivity index (χ4n) is 0.949. The Balaban J connectivity index is 3.35. The summed E-state index contributed by atoms with van der Waals surface area (Å²) in [5.41, 5.74) is 0.181. The van der Waals surface area contributed by atoms with Gasteiger partial charge in [-0.2, -0.15) is 0 Å². The summed E-state index contributed by atoms with van der Waals surface area (Å²) in [6, 6.07) is 0. The van der Waals surface area contributed by atoms with Crippen LogP contribution in [0.25, 0.3) is 0 Å². The minimum atomic E-state index is -0.716. The molecule has 0 aliphatic heterocycles. The predicted molar refractivity (Wildman–Crippen MR) is 64.2 cm³/mol. The smallest absolute Gasteiger partial charge is 0.0441 e. The zero-order valence-corrected chi connectivity index (χ0v) is 10.8. The van der Waals surface area contributed by atoms with E-state index >= 15 is 0 Å². The second kappa shape index (κ2) is 6.53. The van der Waals surface area contributed by atoms with Crippen molar-refractivity contribution >= 4 is 10.8 Å². The van der Waals surface area contributed by atoms with Gasteiger partial charge in [-0.3, -0.25) is 4.21 Å². The molecule has 0 aliphatic rings. The molecule has 14 heavy (non-hydrogen) atoms. The summed E-state index contributed by atoms with van der Waals surface area (Å²) in [7, 11) is -0.716. The van der Waals surface area contributed by atoms with E-state index in [1.165, 1.54) is 0 Å². The van der Waals surface area contributed by atoms with Crippen molar-refractivity contribution in [2.75, 3.05) is 25.9 Å². The Labute approximate surface area is 90.5 Å². The van der Waals surface area contributed by atoms with Crippen molar-refractivity contribution in [3.05, 3.63) is 0 Å². The van der Waals surface area contributed by atoms with E-state index in [0.717, 1.165) is 19.6 Å². The lowest BCUT2D eigenvalue weighted by Gasteiger charge is -2.20. The maximum atomic E-state index is 11.0. The van der Waals surface area contributed by atoms with Crippen LogP contribution in [0.2, 0.25) is 0 Å². The summed E-state index contributed by atoms with van der Waals surface area (Å²) in [6.07, 6.45) is 1.75. The van der Waals surface area contributed by atoms with Crippen LogP contribution in [0.15, 0.2) is 0 Å². The summed E-state index contributed by atoms with van der Waals surface area (Å²) in [6.45, 7) is 11.2. The van der Waals surface area contributed by atoms with Gasteiger partial charge in [-0.05, 0) is 27.7 Å². The summed E-state index contributed by atoms with van der Waals surface area (Å²) >= 11 is 0. The molecule has 0 rings (SSSR count). The largest absolute Gasteiger partial charge is 0.314 e. The molecule has 0 heterocycles. The van der Waals surface area contributed by atoms with Crippen LogP contribution in [0.5, 0.6) is 0 Å². The highest BCUT2D eigenvalue weighted by molar-refractivity contribution is 7.84. The van der Waals surface area contributed by atoms with Crippen molar-refractivity contribution in [1.82, 2.24) is 10.6 Å². The topological polar surface area (TPSA) is 41.1 Å². The molecule has 0 aromatic heterocycles. The van der Waals surface area contributed by atoms with E-state index in [9.17, 15) is 4.21 Å². The lowest BCUT2D eigenvalue weighted by Crippen LogP contribution is -2.41. The van der Waals surface area contributed by atoms with Gasteiger partial charge in [0.15, 0.2) is 0 Å². The molecule has 4 heteroatoms. The molecule has 0 radical (unpaired) electrons. The standard InChI is InChI=1S/C10H24N2OS/c1-9(14(5)13)8-11-6-7-12-10(2,3)4/h9,11-12H,6-8H2,1-5H3. The van der Waals surface area contributed by atoms with Gasteiger partial charge in [0.05, 0.1) is 0 Å². The van der Waals surface area contributed by atoms with Gasteiger partial charge in [-0.1, -0.05) is 0 Å². The average Bonchev–Trinajstić information content (AvgIpc) is 2.01. The van der Waals surface area contributed by atoms with Crippen LogP contribution in [0.1, 0.15) is 27.7 Å². The SMILES string of the molecule is CC(CNCCNC(C)(C)C)S(C)=O. The molecule has 0 amide bonds. The first-order valence-electron chi connectivity index (χ1n) is 5.11. The summed E-state index contributed by atoms with van der Waals surface area (Å²) in [5, 5.41) is 6.91. The molecular formula is C10H24N2OS. The van der Waals surface area contributed by atoms with E-state index in [0.29, 0.717) is 0 Å². The van der Waals surface area contributed by atoms with E-state index in [4.69, 9.17) is 0 Å². The van der Waals surface area contributed by atoms with Crippen molar-refractivity contribution in [3.63, 3.8) is 0 Å². The number of hydrogen-bond donors (Lipinski definition) is 2. The maximum absolute atomic E-state index is 11.0. The normalized spacial score (nSPS) is 16.6. The van der Waals surface area contributed by atoms with Gasteiger partial charge in [0.25, 0.3) is 0 Å². The van der Waals surface area contributed by atoms with Crippen LogP contribution < -0.4 is 10.6 Å². The van der Waals surface area contributed by atoms with Crippen molar-refractivity contribution < 1.29 is 4.21 Å². The Morgan fingerprint density at radius 1 is 1.29 bits per heavy atom. The molecule has 2 unspecified atom stereocenters. The monoisotopic (exact) mass is 220 g/mol. The molecule has 0 aromatic rings. The van der Waals surface area contributed by atoms with Crippen molar-refractivity contribution in [3.8, 4) is 0 Å². The lowest BCUT2D eigenvalue weighted by molar-refractivity contribution is 0.422. The predicted octanol–water partition coefficient (Wildman–Crippen LogP) is 0.731. The van der Waals surface area contributed by atoms with Gasteiger partial charge < -0.3 is 10.6 Å². The van der Waals surface area contributed by atoms with E-state index in [1.54, 1.807) is 6.26 Å². The Kier molecular flexibility index (Phi) is 6.57. The van der Waals surface area contributed by atoms with Crippen molar-refractivity contribution in [1.29, 1.82) is 0 Å². The molecule has 0 aromatic carbocycles. The third-order valence-electron chi connectivity index (χ3n) is 1.96. The van der Waals surface area contributed by atoms with Crippen LogP contribution in [0.3, 0.4) is 0 Å². The second-order valence-corrected chi connectivity index (χ2v) is 6.49. The van der Waals surface area contributed by atoms with E-state index in [2.05, 4.69) is 31.4 Å². The van der Waals surface area contributed by atoms with Crippen LogP contribution in [-0.4, -0.2) is 40.9 Å². The van der Waals surface area contributed by atoms with Gasteiger partial charge in [-0.25, -0.2) is 0 Å². The van der Waals surface area contributed by atoms with E-state index in [-0.39, 0.29) is 10.8 Å². The van der Waals surface area contributed by atoms with Crippen molar-refractivity contribution in [2.24, 2.45) is 0 Å². The number of hydrogen-bond acceptors (Lipinski definition) is 3. The van der Waals surface area contributed by atoms with Crippen molar-refractivity contribution in [2.45, 2.75) is 38.5 Å². The Bertz CT molecular complexity index is 177. The Morgan fingerprint density at radius 3 is 2.29 bits per heavy atom. The molecule has 2 N–H and O–H groups in total. The highest BCUT2D eigenvalue weighted by Gasteiger charge is 2.08. The minimum Gasteiger partial charge on any atom is -0.314 e. The molecule has 0 aliphatic carbocycles. The first kappa shape index (κ1) is 14.1. The van der Waals surface area contributed by atoms with Gasteiger partial charge in [-0.15, -0.1) is 0 Å². The zero-order valence-electron chi connectivity index (χ0n) is 10.0. The van der Waals surface area contributed by atoms with Gasteiger partial charge in [0, 0.05) is 47.5 Å². The third-order valence-corrected chi connectivity index (χ3v) is 3.26. The molecule has 86 valence electrons. The average molecular weight is 220 g/mol. The fourth-order valence-corrected chi connectivity index (χ4v) is 1.30. The van der Waals surface area contributed by atoms with Gasteiger partial charge in [0.1, 0.15) is 0 Å². The number of rotatable bonds is 6. The van der Waals surface area contributed by atoms with E-state index < -0.39 is 10.8 Å². The summed E-state index contributed by atoms with van der Waals surface area (Å²) < 4.78 is 11.0. The molecule has 0 fully saturated rings. The highest BCUT2D eigenvalue weighted by Crippen LogP contribution is 1.96. The molecule has 2 atom stereocenters. The fraction of sp³-hybridized carbons (Fsp3) is 1.00. The van der Waals surface area contributed by atoms with Gasteiger partial charge >= 0.3 is 0 Å². The highest BCUT2D eigenvalue weighted by atomic mass is 32.2. The Morgan fingerprint density at radius 2 is 1.86 bits per heavy atom. The second-order valence-electron chi connectivity index (χ2n) is 4.69. The van der Waals surface area contributed by atoms with Crippen LogP contribution in [-0.2, 0) is 10.8 Å². The molecular weight excluding hydrogens is 196 g/mol. The molecule has 0 saturated heterocycles. The zero-order chi connectivity index (χ0) is 11.2. The van der Waals surface area contributed by atoms with Crippen LogP contribution in [0, 0.1) is 0 Å². The Hall–Kier alpha value is 0.0700. The molecule has 0 spiro atoms. The minimum absolute atomic E-state index is 0.181. The first-order chi connectivity index (χ1) is 6.33. The lowest BCUT2D eigenvalue weighted by atomic mass is 10.1. The molecule has 0 saturated carbocycles.